The molecule has 0 fully saturated rings. The van der Waals surface area contributed by atoms with Gasteiger partial charge in [-0.15, -0.1) is 0 Å². The molecule has 0 saturated carbocycles. The smallest absolute Gasteiger partial charge is 0.227 e. The summed E-state index contributed by atoms with van der Waals surface area (Å²) in [6.07, 6.45) is 2.13. The maximum Gasteiger partial charge on any atom is 0.227 e. The Morgan fingerprint density at radius 1 is 1.04 bits per heavy atom. The van der Waals surface area contributed by atoms with Crippen LogP contribution in [0, 0.1) is 18.6 Å². The summed E-state index contributed by atoms with van der Waals surface area (Å²) in [7, 11) is 0. The average Bonchev–Trinajstić information content (AvgIpc) is 2.62. The van der Waals surface area contributed by atoms with E-state index in [1.807, 2.05) is 31.2 Å². The largest absolute Gasteiger partial charge is 0.324 e. The molecular weight excluding hydrogens is 348 g/mol. The molecule has 4 rings (SSSR count). The Kier molecular flexibility index (Phi) is 4.39. The third kappa shape index (κ3) is 3.69. The number of nitrogens with one attached hydrogen (secondary N) is 1. The van der Waals surface area contributed by atoms with E-state index < -0.39 is 11.6 Å². The first kappa shape index (κ1) is 17.3. The van der Waals surface area contributed by atoms with E-state index in [0.717, 1.165) is 17.3 Å². The van der Waals surface area contributed by atoms with E-state index in [1.54, 1.807) is 0 Å². The average molecular weight is 365 g/mol. The van der Waals surface area contributed by atoms with Crippen LogP contribution in [0.4, 0.5) is 20.4 Å². The first-order chi connectivity index (χ1) is 13.0. The lowest BCUT2D eigenvalue weighted by molar-refractivity contribution is 0.0962. The van der Waals surface area contributed by atoms with Crippen molar-refractivity contribution in [3.8, 4) is 0 Å². The second-order valence-electron chi connectivity index (χ2n) is 6.78. The second kappa shape index (κ2) is 6.87. The molecule has 136 valence electrons. The van der Waals surface area contributed by atoms with E-state index >= 15 is 0 Å². The lowest BCUT2D eigenvalue weighted by Crippen LogP contribution is -2.21. The molecule has 1 atom stereocenters. The summed E-state index contributed by atoms with van der Waals surface area (Å²) in [4.78, 5) is 21.2. The van der Waals surface area contributed by atoms with Crippen molar-refractivity contribution >= 4 is 17.4 Å². The highest BCUT2D eigenvalue weighted by Crippen LogP contribution is 2.33. The van der Waals surface area contributed by atoms with Gasteiger partial charge in [0.2, 0.25) is 5.95 Å². The SMILES string of the molecule is Cc1ccc(Nc2ncc3c(n2)CC(c2cc(F)cc(F)c2)CC3=O)cc1. The molecule has 0 saturated heterocycles. The lowest BCUT2D eigenvalue weighted by atomic mass is 9.82. The highest BCUT2D eigenvalue weighted by atomic mass is 19.1. The zero-order valence-corrected chi connectivity index (χ0v) is 14.7. The van der Waals surface area contributed by atoms with Crippen molar-refractivity contribution in [1.29, 1.82) is 0 Å². The van der Waals surface area contributed by atoms with Crippen molar-refractivity contribution in [2.45, 2.75) is 25.7 Å². The maximum atomic E-state index is 13.6. The van der Waals surface area contributed by atoms with Gasteiger partial charge in [0.15, 0.2) is 5.78 Å². The van der Waals surface area contributed by atoms with Gasteiger partial charge < -0.3 is 5.32 Å². The van der Waals surface area contributed by atoms with E-state index in [-0.39, 0.29) is 18.1 Å². The molecular formula is C21H17F2N3O. The summed E-state index contributed by atoms with van der Waals surface area (Å²) >= 11 is 0. The van der Waals surface area contributed by atoms with E-state index in [4.69, 9.17) is 0 Å². The number of ketones is 1. The van der Waals surface area contributed by atoms with Crippen LogP contribution in [0.3, 0.4) is 0 Å². The molecule has 0 radical (unpaired) electrons. The molecule has 2 aromatic carbocycles. The first-order valence-corrected chi connectivity index (χ1v) is 8.67. The number of aryl methyl sites for hydroxylation is 1. The molecule has 0 bridgehead atoms. The Bertz CT molecular complexity index is 998. The second-order valence-corrected chi connectivity index (χ2v) is 6.78. The predicted molar refractivity (Wildman–Crippen MR) is 98.2 cm³/mol. The Morgan fingerprint density at radius 2 is 1.74 bits per heavy atom. The van der Waals surface area contributed by atoms with Crippen molar-refractivity contribution < 1.29 is 13.6 Å². The van der Waals surface area contributed by atoms with Crippen LogP contribution in [0.2, 0.25) is 0 Å². The first-order valence-electron chi connectivity index (χ1n) is 8.67. The van der Waals surface area contributed by atoms with Crippen molar-refractivity contribution in [3.05, 3.63) is 82.7 Å². The number of Topliss-reactive ketones (excluding diaryl/α,β-unsaturated/α-hetero) is 1. The number of aromatic nitrogens is 2. The summed E-state index contributed by atoms with van der Waals surface area (Å²) < 4.78 is 27.1. The minimum atomic E-state index is -0.646. The fraction of sp³-hybridized carbons (Fsp3) is 0.190. The molecule has 1 unspecified atom stereocenters. The Balaban J connectivity index is 1.62. The molecule has 0 amide bonds. The number of rotatable bonds is 3. The van der Waals surface area contributed by atoms with Gasteiger partial charge in [-0.05, 0) is 49.1 Å². The summed E-state index contributed by atoms with van der Waals surface area (Å²) in [5, 5.41) is 3.12. The van der Waals surface area contributed by atoms with Crippen LogP contribution < -0.4 is 5.32 Å². The number of halogens is 2. The third-order valence-electron chi connectivity index (χ3n) is 4.70. The molecule has 1 N–H and O–H groups in total. The van der Waals surface area contributed by atoms with Crippen LogP contribution in [0.5, 0.6) is 0 Å². The van der Waals surface area contributed by atoms with Crippen LogP contribution in [-0.4, -0.2) is 15.8 Å². The summed E-state index contributed by atoms with van der Waals surface area (Å²) in [6, 6.07) is 11.2. The lowest BCUT2D eigenvalue weighted by Gasteiger charge is -2.23. The monoisotopic (exact) mass is 365 g/mol. The van der Waals surface area contributed by atoms with Gasteiger partial charge in [0, 0.05) is 24.4 Å². The van der Waals surface area contributed by atoms with E-state index in [0.29, 0.717) is 29.2 Å². The van der Waals surface area contributed by atoms with E-state index in [1.165, 1.54) is 18.3 Å². The van der Waals surface area contributed by atoms with Crippen LogP contribution in [0.1, 0.15) is 39.5 Å². The number of carbonyl (C=O) groups excluding carboxylic acids is 1. The van der Waals surface area contributed by atoms with E-state index in [2.05, 4.69) is 15.3 Å². The number of anilines is 2. The number of carbonyl (C=O) groups is 1. The van der Waals surface area contributed by atoms with Gasteiger partial charge in [0.05, 0.1) is 11.3 Å². The minimum Gasteiger partial charge on any atom is -0.324 e. The standard InChI is InChI=1S/C21H17F2N3O/c1-12-2-4-17(5-3-12)25-21-24-11-18-19(26-21)8-14(9-20(18)27)13-6-15(22)10-16(23)7-13/h2-7,10-11,14H,8-9H2,1H3,(H,24,25,26). The molecule has 27 heavy (non-hydrogen) atoms. The number of hydrogen-bond acceptors (Lipinski definition) is 4. The zero-order chi connectivity index (χ0) is 19.0. The van der Waals surface area contributed by atoms with Crippen LogP contribution in [0.15, 0.2) is 48.7 Å². The Labute approximate surface area is 155 Å². The Hall–Kier alpha value is -3.15. The van der Waals surface area contributed by atoms with Gasteiger partial charge >= 0.3 is 0 Å². The van der Waals surface area contributed by atoms with Crippen molar-refractivity contribution in [3.63, 3.8) is 0 Å². The van der Waals surface area contributed by atoms with Gasteiger partial charge in [0.1, 0.15) is 11.6 Å². The molecule has 6 heteroatoms. The van der Waals surface area contributed by atoms with Gasteiger partial charge in [0.25, 0.3) is 0 Å². The fourth-order valence-electron chi connectivity index (χ4n) is 3.32. The normalized spacial score (nSPS) is 16.1. The summed E-state index contributed by atoms with van der Waals surface area (Å²) in [6.45, 7) is 2.00. The minimum absolute atomic E-state index is 0.118. The van der Waals surface area contributed by atoms with Crippen LogP contribution in [-0.2, 0) is 6.42 Å². The van der Waals surface area contributed by atoms with Gasteiger partial charge in [-0.3, -0.25) is 4.79 Å². The summed E-state index contributed by atoms with van der Waals surface area (Å²) in [5.74, 6) is -1.33. The van der Waals surface area contributed by atoms with E-state index in [9.17, 15) is 13.6 Å². The van der Waals surface area contributed by atoms with Gasteiger partial charge in [-0.2, -0.15) is 0 Å². The highest BCUT2D eigenvalue weighted by molar-refractivity contribution is 5.98. The predicted octanol–water partition coefficient (Wildman–Crippen LogP) is 4.72. The summed E-state index contributed by atoms with van der Waals surface area (Å²) in [5.41, 5.74) is 3.51. The van der Waals surface area contributed by atoms with Crippen molar-refractivity contribution in [1.82, 2.24) is 9.97 Å². The fourth-order valence-corrected chi connectivity index (χ4v) is 3.32. The highest BCUT2D eigenvalue weighted by Gasteiger charge is 2.28. The number of fused-ring (bicyclic) bond motifs is 1. The van der Waals surface area contributed by atoms with Gasteiger partial charge in [-0.1, -0.05) is 17.7 Å². The molecule has 4 nitrogen and oxygen atoms in total. The Morgan fingerprint density at radius 3 is 2.44 bits per heavy atom. The number of benzene rings is 2. The molecule has 1 aromatic heterocycles. The van der Waals surface area contributed by atoms with Crippen LogP contribution in [0.25, 0.3) is 0 Å². The molecule has 3 aromatic rings. The number of nitrogens with zero attached hydrogens (tertiary/aromatic N) is 2. The van der Waals surface area contributed by atoms with Crippen molar-refractivity contribution in [2.75, 3.05) is 5.32 Å². The molecule has 0 spiro atoms. The molecule has 1 aliphatic carbocycles. The number of hydrogen-bond donors (Lipinski definition) is 1. The van der Waals surface area contributed by atoms with Crippen LogP contribution >= 0.6 is 0 Å². The third-order valence-corrected chi connectivity index (χ3v) is 4.70. The van der Waals surface area contributed by atoms with Crippen molar-refractivity contribution in [2.24, 2.45) is 0 Å². The topological polar surface area (TPSA) is 54.9 Å². The zero-order valence-electron chi connectivity index (χ0n) is 14.7. The molecule has 1 heterocycles. The molecule has 0 aliphatic heterocycles. The maximum absolute atomic E-state index is 13.6. The van der Waals surface area contributed by atoms with Gasteiger partial charge in [-0.25, -0.2) is 18.7 Å². The molecule has 1 aliphatic rings. The quantitative estimate of drug-likeness (QED) is 0.730.